The standard InChI is InChI=1S/C12H25NO/c1-4-5-6-7-8-12(14)11(13)9-10(2)3/h10-11H,4-9,13H2,1-3H3. The van der Waals surface area contributed by atoms with E-state index in [9.17, 15) is 4.79 Å². The second kappa shape index (κ2) is 7.98. The zero-order valence-electron chi connectivity index (χ0n) is 9.88. The highest BCUT2D eigenvalue weighted by molar-refractivity contribution is 5.83. The number of Topliss-reactive ketones (excluding diaryl/α,β-unsaturated/α-hetero) is 1. The molecule has 2 nitrogen and oxygen atoms in total. The van der Waals surface area contributed by atoms with Crippen LogP contribution < -0.4 is 5.73 Å². The van der Waals surface area contributed by atoms with Gasteiger partial charge in [0, 0.05) is 6.42 Å². The minimum absolute atomic E-state index is 0.225. The summed E-state index contributed by atoms with van der Waals surface area (Å²) in [6.07, 6.45) is 6.12. The van der Waals surface area contributed by atoms with Gasteiger partial charge in [-0.05, 0) is 18.8 Å². The Labute approximate surface area is 88.3 Å². The highest BCUT2D eigenvalue weighted by atomic mass is 16.1. The van der Waals surface area contributed by atoms with Gasteiger partial charge >= 0.3 is 0 Å². The molecule has 1 atom stereocenters. The molecule has 0 aliphatic carbocycles. The van der Waals surface area contributed by atoms with E-state index in [0.717, 1.165) is 19.3 Å². The van der Waals surface area contributed by atoms with Gasteiger partial charge in [-0.1, -0.05) is 40.0 Å². The normalized spacial score (nSPS) is 13.2. The lowest BCUT2D eigenvalue weighted by Crippen LogP contribution is -2.31. The van der Waals surface area contributed by atoms with Crippen LogP contribution in [0.25, 0.3) is 0 Å². The SMILES string of the molecule is CCCCCCC(=O)C(N)CC(C)C. The van der Waals surface area contributed by atoms with Crippen LogP contribution in [0.15, 0.2) is 0 Å². The molecule has 0 fully saturated rings. The van der Waals surface area contributed by atoms with Crippen LogP contribution in [0, 0.1) is 5.92 Å². The van der Waals surface area contributed by atoms with Gasteiger partial charge in [0.2, 0.25) is 0 Å². The first-order valence-electron chi connectivity index (χ1n) is 5.86. The van der Waals surface area contributed by atoms with Crippen LogP contribution in [0.5, 0.6) is 0 Å². The zero-order valence-corrected chi connectivity index (χ0v) is 9.88. The van der Waals surface area contributed by atoms with Crippen LogP contribution in [0.4, 0.5) is 0 Å². The molecule has 0 amide bonds. The summed E-state index contributed by atoms with van der Waals surface area (Å²) in [5, 5.41) is 0. The molecular formula is C12H25NO. The molecule has 14 heavy (non-hydrogen) atoms. The fourth-order valence-electron chi connectivity index (χ4n) is 1.55. The fraction of sp³-hybridized carbons (Fsp3) is 0.917. The molecule has 0 aromatic rings. The predicted molar refractivity (Wildman–Crippen MR) is 61.2 cm³/mol. The Bertz CT molecular complexity index is 154. The van der Waals surface area contributed by atoms with Crippen LogP contribution in [-0.4, -0.2) is 11.8 Å². The third-order valence-corrected chi connectivity index (χ3v) is 2.42. The largest absolute Gasteiger partial charge is 0.322 e. The van der Waals surface area contributed by atoms with Crippen molar-refractivity contribution in [2.45, 2.75) is 65.3 Å². The van der Waals surface area contributed by atoms with Crippen LogP contribution >= 0.6 is 0 Å². The molecule has 1 unspecified atom stereocenters. The smallest absolute Gasteiger partial charge is 0.149 e. The van der Waals surface area contributed by atoms with E-state index in [4.69, 9.17) is 5.73 Å². The van der Waals surface area contributed by atoms with Crippen LogP contribution in [-0.2, 0) is 4.79 Å². The first-order chi connectivity index (χ1) is 6.57. The molecule has 0 radical (unpaired) electrons. The topological polar surface area (TPSA) is 43.1 Å². The van der Waals surface area contributed by atoms with Crippen molar-refractivity contribution in [1.29, 1.82) is 0 Å². The molecule has 0 heterocycles. The molecule has 0 rings (SSSR count). The molecule has 0 spiro atoms. The number of rotatable bonds is 8. The van der Waals surface area contributed by atoms with Gasteiger partial charge in [-0.25, -0.2) is 0 Å². The maximum Gasteiger partial charge on any atom is 0.149 e. The summed E-state index contributed by atoms with van der Waals surface area (Å²) < 4.78 is 0. The number of carbonyl (C=O) groups is 1. The molecular weight excluding hydrogens is 174 g/mol. The van der Waals surface area contributed by atoms with E-state index in [1.165, 1.54) is 12.8 Å². The molecule has 0 aliphatic rings. The Morgan fingerprint density at radius 1 is 1.21 bits per heavy atom. The van der Waals surface area contributed by atoms with Crippen molar-refractivity contribution in [3.05, 3.63) is 0 Å². The van der Waals surface area contributed by atoms with E-state index in [-0.39, 0.29) is 11.8 Å². The third kappa shape index (κ3) is 7.07. The molecule has 0 saturated carbocycles. The quantitative estimate of drug-likeness (QED) is 0.611. The van der Waals surface area contributed by atoms with Crippen molar-refractivity contribution in [3.8, 4) is 0 Å². The van der Waals surface area contributed by atoms with E-state index >= 15 is 0 Å². The fourth-order valence-corrected chi connectivity index (χ4v) is 1.55. The molecule has 0 saturated heterocycles. The lowest BCUT2D eigenvalue weighted by Gasteiger charge is -2.12. The predicted octanol–water partition coefficient (Wildman–Crippen LogP) is 2.90. The maximum absolute atomic E-state index is 11.5. The average Bonchev–Trinajstić information content (AvgIpc) is 2.11. The lowest BCUT2D eigenvalue weighted by molar-refractivity contribution is -0.120. The number of hydrogen-bond donors (Lipinski definition) is 1. The highest BCUT2D eigenvalue weighted by Gasteiger charge is 2.13. The second-order valence-electron chi connectivity index (χ2n) is 4.51. The third-order valence-electron chi connectivity index (χ3n) is 2.42. The van der Waals surface area contributed by atoms with Gasteiger partial charge in [-0.3, -0.25) is 4.79 Å². The van der Waals surface area contributed by atoms with Crippen LogP contribution in [0.2, 0.25) is 0 Å². The van der Waals surface area contributed by atoms with Crippen molar-refractivity contribution in [1.82, 2.24) is 0 Å². The highest BCUT2D eigenvalue weighted by Crippen LogP contribution is 2.08. The second-order valence-corrected chi connectivity index (χ2v) is 4.51. The average molecular weight is 199 g/mol. The van der Waals surface area contributed by atoms with E-state index in [2.05, 4.69) is 20.8 Å². The minimum atomic E-state index is -0.225. The summed E-state index contributed by atoms with van der Waals surface area (Å²) >= 11 is 0. The maximum atomic E-state index is 11.5. The number of nitrogens with two attached hydrogens (primary N) is 1. The van der Waals surface area contributed by atoms with Gasteiger partial charge in [0.15, 0.2) is 0 Å². The first kappa shape index (κ1) is 13.6. The van der Waals surface area contributed by atoms with Gasteiger partial charge < -0.3 is 5.73 Å². The number of carbonyl (C=O) groups excluding carboxylic acids is 1. The van der Waals surface area contributed by atoms with E-state index < -0.39 is 0 Å². The molecule has 2 N–H and O–H groups in total. The molecule has 0 aromatic carbocycles. The summed E-state index contributed by atoms with van der Waals surface area (Å²) in [5.74, 6) is 0.763. The van der Waals surface area contributed by atoms with Crippen molar-refractivity contribution in [2.75, 3.05) is 0 Å². The van der Waals surface area contributed by atoms with Gasteiger partial charge in [-0.15, -0.1) is 0 Å². The van der Waals surface area contributed by atoms with Gasteiger partial charge in [-0.2, -0.15) is 0 Å². The van der Waals surface area contributed by atoms with E-state index in [1.807, 2.05) is 0 Å². The molecule has 0 bridgehead atoms. The van der Waals surface area contributed by atoms with Crippen molar-refractivity contribution < 1.29 is 4.79 Å². The summed E-state index contributed by atoms with van der Waals surface area (Å²) in [4.78, 5) is 11.5. The van der Waals surface area contributed by atoms with E-state index in [0.29, 0.717) is 12.3 Å². The first-order valence-corrected chi connectivity index (χ1v) is 5.86. The molecule has 0 aromatic heterocycles. The number of ketones is 1. The Morgan fingerprint density at radius 3 is 2.36 bits per heavy atom. The molecule has 0 aliphatic heterocycles. The van der Waals surface area contributed by atoms with Crippen LogP contribution in [0.3, 0.4) is 0 Å². The minimum Gasteiger partial charge on any atom is -0.322 e. The Balaban J connectivity index is 3.52. The lowest BCUT2D eigenvalue weighted by atomic mass is 9.98. The number of hydrogen-bond acceptors (Lipinski definition) is 2. The van der Waals surface area contributed by atoms with Gasteiger partial charge in [0.25, 0.3) is 0 Å². The summed E-state index contributed by atoms with van der Waals surface area (Å²) in [5.41, 5.74) is 5.78. The zero-order chi connectivity index (χ0) is 11.0. The molecule has 84 valence electrons. The van der Waals surface area contributed by atoms with Crippen molar-refractivity contribution >= 4 is 5.78 Å². The van der Waals surface area contributed by atoms with Crippen molar-refractivity contribution in [3.63, 3.8) is 0 Å². The number of unbranched alkanes of at least 4 members (excludes halogenated alkanes) is 3. The monoisotopic (exact) mass is 199 g/mol. The van der Waals surface area contributed by atoms with Gasteiger partial charge in [0.05, 0.1) is 6.04 Å². The van der Waals surface area contributed by atoms with Gasteiger partial charge in [0.1, 0.15) is 5.78 Å². The Hall–Kier alpha value is -0.370. The summed E-state index contributed by atoms with van der Waals surface area (Å²) in [6, 6.07) is -0.225. The van der Waals surface area contributed by atoms with E-state index in [1.54, 1.807) is 0 Å². The summed E-state index contributed by atoms with van der Waals surface area (Å²) in [6.45, 7) is 6.38. The Kier molecular flexibility index (Phi) is 7.77. The summed E-state index contributed by atoms with van der Waals surface area (Å²) in [7, 11) is 0. The Morgan fingerprint density at radius 2 is 1.86 bits per heavy atom. The molecule has 2 heteroatoms. The van der Waals surface area contributed by atoms with Crippen molar-refractivity contribution in [2.24, 2.45) is 11.7 Å². The van der Waals surface area contributed by atoms with Crippen LogP contribution in [0.1, 0.15) is 59.3 Å².